The minimum Gasteiger partial charge on any atom is -0.465 e. The number of fused-ring (bicyclic) bond motifs is 1. The monoisotopic (exact) mass is 180 g/mol. The van der Waals surface area contributed by atoms with E-state index in [9.17, 15) is 9.59 Å². The van der Waals surface area contributed by atoms with Gasteiger partial charge in [0.2, 0.25) is 0 Å². The van der Waals surface area contributed by atoms with Crippen LogP contribution in [-0.4, -0.2) is 21.1 Å². The van der Waals surface area contributed by atoms with Crippen molar-refractivity contribution in [2.24, 2.45) is 0 Å². The average molecular weight is 180 g/mol. The number of pyridine rings is 1. The zero-order valence-electron chi connectivity index (χ0n) is 6.78. The van der Waals surface area contributed by atoms with Crippen LogP contribution in [0, 0.1) is 0 Å². The van der Waals surface area contributed by atoms with E-state index in [4.69, 9.17) is 5.11 Å². The molecular weight excluding hydrogens is 172 g/mol. The summed E-state index contributed by atoms with van der Waals surface area (Å²) in [6.07, 6.45) is 0.544. The minimum atomic E-state index is -0.990. The maximum absolute atomic E-state index is 11.2. The number of amides is 1. The molecule has 0 radical (unpaired) electrons. The van der Waals surface area contributed by atoms with Crippen molar-refractivity contribution in [2.75, 3.05) is 0 Å². The molecule has 1 aromatic rings. The van der Waals surface area contributed by atoms with Crippen molar-refractivity contribution in [3.8, 4) is 0 Å². The number of nitrogens with zero attached hydrogens (tertiary/aromatic N) is 1. The predicted octanol–water partition coefficient (Wildman–Crippen LogP) is 0.368. The van der Waals surface area contributed by atoms with Gasteiger partial charge in [-0.15, -0.1) is 0 Å². The Morgan fingerprint density at radius 2 is 2.31 bits per heavy atom. The van der Waals surface area contributed by atoms with E-state index in [1.165, 1.54) is 11.1 Å². The molecule has 0 saturated carbocycles. The second-order valence-electron chi connectivity index (χ2n) is 2.95. The maximum atomic E-state index is 11.2. The third kappa shape index (κ3) is 1.18. The van der Waals surface area contributed by atoms with E-state index < -0.39 is 6.09 Å². The molecular formula is C8H8N2O3. The first-order chi connectivity index (χ1) is 6.18. The number of nitrogens with one attached hydrogen (secondary N) is 1. The molecule has 0 fully saturated rings. The molecule has 5 nitrogen and oxygen atoms in total. The van der Waals surface area contributed by atoms with Gasteiger partial charge >= 0.3 is 6.09 Å². The van der Waals surface area contributed by atoms with E-state index in [1.807, 2.05) is 0 Å². The molecule has 0 aromatic carbocycles. The van der Waals surface area contributed by atoms with Crippen molar-refractivity contribution in [2.45, 2.75) is 13.1 Å². The van der Waals surface area contributed by atoms with Crippen LogP contribution in [0.5, 0.6) is 0 Å². The Hall–Kier alpha value is -1.78. The van der Waals surface area contributed by atoms with Gasteiger partial charge in [-0.25, -0.2) is 4.79 Å². The van der Waals surface area contributed by atoms with Gasteiger partial charge in [0.1, 0.15) is 0 Å². The molecule has 2 rings (SSSR count). The highest BCUT2D eigenvalue weighted by molar-refractivity contribution is 5.66. The number of H-pyrrole nitrogens is 1. The van der Waals surface area contributed by atoms with Gasteiger partial charge < -0.3 is 10.1 Å². The third-order valence-electron chi connectivity index (χ3n) is 2.14. The van der Waals surface area contributed by atoms with E-state index in [2.05, 4.69) is 4.98 Å². The summed E-state index contributed by atoms with van der Waals surface area (Å²) >= 11 is 0. The van der Waals surface area contributed by atoms with Crippen molar-refractivity contribution < 1.29 is 9.90 Å². The largest absolute Gasteiger partial charge is 0.465 e. The highest BCUT2D eigenvalue weighted by Crippen LogP contribution is 2.18. The van der Waals surface area contributed by atoms with E-state index in [0.29, 0.717) is 12.1 Å². The number of hydrogen-bond acceptors (Lipinski definition) is 2. The van der Waals surface area contributed by atoms with Gasteiger partial charge in [0.25, 0.3) is 5.56 Å². The van der Waals surface area contributed by atoms with Gasteiger partial charge in [0.05, 0.1) is 6.54 Å². The molecule has 68 valence electrons. The van der Waals surface area contributed by atoms with Gasteiger partial charge in [0, 0.05) is 18.3 Å². The number of hydrogen-bond donors (Lipinski definition) is 2. The van der Waals surface area contributed by atoms with Gasteiger partial charge in [-0.2, -0.15) is 0 Å². The summed E-state index contributed by atoms with van der Waals surface area (Å²) < 4.78 is 0. The minimum absolute atomic E-state index is 0.193. The molecule has 0 aliphatic carbocycles. The van der Waals surface area contributed by atoms with E-state index in [-0.39, 0.29) is 12.1 Å². The van der Waals surface area contributed by atoms with Crippen LogP contribution in [0.4, 0.5) is 4.79 Å². The molecule has 1 aliphatic heterocycles. The lowest BCUT2D eigenvalue weighted by Gasteiger charge is -2.08. The highest BCUT2D eigenvalue weighted by Gasteiger charge is 2.24. The van der Waals surface area contributed by atoms with Gasteiger partial charge in [-0.3, -0.25) is 9.69 Å². The second kappa shape index (κ2) is 2.62. The fraction of sp³-hybridized carbons (Fsp3) is 0.250. The Bertz CT molecular complexity index is 410. The fourth-order valence-corrected chi connectivity index (χ4v) is 1.46. The molecule has 2 N–H and O–H groups in total. The Balaban J connectivity index is 2.41. The molecule has 0 spiro atoms. The first kappa shape index (κ1) is 7.85. The first-order valence-corrected chi connectivity index (χ1v) is 3.86. The number of aromatic amines is 1. The van der Waals surface area contributed by atoms with Crippen molar-refractivity contribution in [3.63, 3.8) is 0 Å². The predicted molar refractivity (Wildman–Crippen MR) is 44.3 cm³/mol. The summed E-state index contributed by atoms with van der Waals surface area (Å²) in [5, 5.41) is 8.69. The molecule has 0 saturated heterocycles. The van der Waals surface area contributed by atoms with E-state index in [0.717, 1.165) is 5.56 Å². The smallest absolute Gasteiger partial charge is 0.407 e. The summed E-state index contributed by atoms with van der Waals surface area (Å²) in [4.78, 5) is 25.5. The highest BCUT2D eigenvalue weighted by atomic mass is 16.4. The van der Waals surface area contributed by atoms with Gasteiger partial charge in [0.15, 0.2) is 0 Å². The molecule has 1 aliphatic rings. The summed E-state index contributed by atoms with van der Waals surface area (Å²) in [5.41, 5.74) is 1.16. The Kier molecular flexibility index (Phi) is 1.58. The lowest BCUT2D eigenvalue weighted by atomic mass is 10.2. The number of aromatic nitrogens is 1. The zero-order valence-corrected chi connectivity index (χ0v) is 6.78. The second-order valence-corrected chi connectivity index (χ2v) is 2.95. The van der Waals surface area contributed by atoms with Crippen molar-refractivity contribution >= 4 is 6.09 Å². The first-order valence-electron chi connectivity index (χ1n) is 3.86. The van der Waals surface area contributed by atoms with Gasteiger partial charge in [-0.1, -0.05) is 0 Å². The molecule has 0 unspecified atom stereocenters. The van der Waals surface area contributed by atoms with Crippen LogP contribution in [0.25, 0.3) is 0 Å². The number of carboxylic acid groups (broad SMARTS) is 1. The Morgan fingerprint density at radius 3 is 2.92 bits per heavy atom. The van der Waals surface area contributed by atoms with Crippen LogP contribution in [0.15, 0.2) is 17.1 Å². The summed E-state index contributed by atoms with van der Waals surface area (Å²) in [7, 11) is 0. The molecule has 2 heterocycles. The maximum Gasteiger partial charge on any atom is 0.407 e. The van der Waals surface area contributed by atoms with E-state index >= 15 is 0 Å². The topological polar surface area (TPSA) is 73.4 Å². The summed E-state index contributed by atoms with van der Waals surface area (Å²) in [6, 6.07) is 1.74. The molecule has 1 amide bonds. The number of carbonyl (C=O) groups is 1. The zero-order chi connectivity index (χ0) is 9.42. The SMILES string of the molecule is O=C(O)N1Cc2cc[nH]c(=O)c2C1. The van der Waals surface area contributed by atoms with Crippen LogP contribution in [-0.2, 0) is 13.1 Å². The van der Waals surface area contributed by atoms with Crippen LogP contribution < -0.4 is 5.56 Å². The number of rotatable bonds is 0. The van der Waals surface area contributed by atoms with E-state index in [1.54, 1.807) is 6.07 Å². The van der Waals surface area contributed by atoms with Crippen molar-refractivity contribution in [1.29, 1.82) is 0 Å². The Morgan fingerprint density at radius 1 is 1.54 bits per heavy atom. The Labute approximate surface area is 73.6 Å². The third-order valence-corrected chi connectivity index (χ3v) is 2.14. The van der Waals surface area contributed by atoms with Crippen LogP contribution in [0.3, 0.4) is 0 Å². The van der Waals surface area contributed by atoms with Crippen LogP contribution in [0.2, 0.25) is 0 Å². The molecule has 0 atom stereocenters. The summed E-state index contributed by atoms with van der Waals surface area (Å²) in [6.45, 7) is 0.509. The molecule has 5 heteroatoms. The van der Waals surface area contributed by atoms with Crippen molar-refractivity contribution in [3.05, 3.63) is 33.7 Å². The lowest BCUT2D eigenvalue weighted by molar-refractivity contribution is 0.145. The van der Waals surface area contributed by atoms with Crippen LogP contribution in [0.1, 0.15) is 11.1 Å². The normalized spacial score (nSPS) is 14.3. The summed E-state index contributed by atoms with van der Waals surface area (Å²) in [5.74, 6) is 0. The molecule has 13 heavy (non-hydrogen) atoms. The van der Waals surface area contributed by atoms with Crippen LogP contribution >= 0.6 is 0 Å². The fourth-order valence-electron chi connectivity index (χ4n) is 1.46. The van der Waals surface area contributed by atoms with Gasteiger partial charge in [-0.05, 0) is 11.6 Å². The standard InChI is InChI=1S/C8H8N2O3/c11-7-6-4-10(8(12)13)3-5(6)1-2-9-7/h1-2H,3-4H2,(H,9,11)(H,12,13). The average Bonchev–Trinajstić information content (AvgIpc) is 2.49. The quantitative estimate of drug-likeness (QED) is 0.605. The lowest BCUT2D eigenvalue weighted by Crippen LogP contribution is -2.23. The molecule has 0 bridgehead atoms. The molecule has 1 aromatic heterocycles. The van der Waals surface area contributed by atoms with Crippen molar-refractivity contribution in [1.82, 2.24) is 9.88 Å².